The van der Waals surface area contributed by atoms with Crippen LogP contribution in [0.2, 0.25) is 0 Å². The van der Waals surface area contributed by atoms with Gasteiger partial charge in [-0.2, -0.15) is 10.5 Å². The Bertz CT molecular complexity index is 1210. The third-order valence-corrected chi connectivity index (χ3v) is 8.16. The molecule has 1 saturated carbocycles. The molecular weight excluding hydrogens is 364 g/mol. The van der Waals surface area contributed by atoms with Crippen LogP contribution in [0.3, 0.4) is 0 Å². The predicted octanol–water partition coefficient (Wildman–Crippen LogP) is 6.19. The lowest BCUT2D eigenvalue weighted by Crippen LogP contribution is -2.60. The van der Waals surface area contributed by atoms with E-state index in [0.717, 1.165) is 19.3 Å². The van der Waals surface area contributed by atoms with Gasteiger partial charge in [0.05, 0.1) is 17.6 Å². The van der Waals surface area contributed by atoms with Crippen molar-refractivity contribution < 1.29 is 0 Å². The highest BCUT2D eigenvalue weighted by molar-refractivity contribution is 5.64. The van der Waals surface area contributed by atoms with Crippen LogP contribution in [0.25, 0.3) is 0 Å². The molecule has 0 amide bonds. The van der Waals surface area contributed by atoms with Gasteiger partial charge in [-0.3, -0.25) is 0 Å². The van der Waals surface area contributed by atoms with Crippen LogP contribution in [0.4, 0.5) is 0 Å². The average molecular weight is 386 g/mol. The molecule has 0 aromatic heterocycles. The Morgan fingerprint density at radius 3 is 2.07 bits per heavy atom. The summed E-state index contributed by atoms with van der Waals surface area (Å²) in [6, 6.07) is 26.5. The number of rotatable bonds is 2. The van der Waals surface area contributed by atoms with Gasteiger partial charge in [0.1, 0.15) is 5.41 Å². The SMILES string of the molecule is N#C[C@]12C=C[C@]3(C#N)C[C@H](c4ccccc4)[C@@]34C=CCC(=C14)C[C@@H]2c1ccccc1. The molecule has 0 saturated heterocycles. The molecule has 0 N–H and O–H groups in total. The molecule has 0 unspecified atom stereocenters. The number of allylic oxidation sites excluding steroid dienone is 6. The molecule has 1 fully saturated rings. The van der Waals surface area contributed by atoms with Crippen molar-refractivity contribution in [2.75, 3.05) is 0 Å². The van der Waals surface area contributed by atoms with E-state index < -0.39 is 16.2 Å². The molecule has 5 atom stereocenters. The standard InChI is InChI=1S/C28H22N2/c29-18-26-14-15-27(19-30)23(20-8-3-1-4-9-20)16-22-12-7-13-28(26,25(22)27)24(17-26)21-10-5-2-6-11-21/h1-11,13-15,23-24H,12,16-17H2/t23-,24-,26-,27+,28-/m1/s1. The third-order valence-electron chi connectivity index (χ3n) is 8.16. The highest BCUT2D eigenvalue weighted by atomic mass is 14.7. The topological polar surface area (TPSA) is 47.6 Å². The lowest BCUT2D eigenvalue weighted by molar-refractivity contribution is 0.0337. The summed E-state index contributed by atoms with van der Waals surface area (Å²) in [4.78, 5) is 0. The Balaban J connectivity index is 1.61. The largest absolute Gasteiger partial charge is 0.197 e. The maximum Gasteiger partial charge on any atom is 0.105 e. The number of benzene rings is 2. The summed E-state index contributed by atoms with van der Waals surface area (Å²) >= 11 is 0. The van der Waals surface area contributed by atoms with Gasteiger partial charge in [0.25, 0.3) is 0 Å². The van der Waals surface area contributed by atoms with Crippen molar-refractivity contribution in [2.24, 2.45) is 16.2 Å². The molecule has 144 valence electrons. The first-order valence-corrected chi connectivity index (χ1v) is 10.7. The van der Waals surface area contributed by atoms with Crippen LogP contribution in [0.1, 0.15) is 42.2 Å². The second-order valence-corrected chi connectivity index (χ2v) is 9.19. The predicted molar refractivity (Wildman–Crippen MR) is 116 cm³/mol. The Hall–Kier alpha value is -3.36. The number of hydrogen-bond acceptors (Lipinski definition) is 2. The van der Waals surface area contributed by atoms with Crippen molar-refractivity contribution in [3.8, 4) is 12.1 Å². The molecular formula is C28H22N2. The van der Waals surface area contributed by atoms with Gasteiger partial charge < -0.3 is 0 Å². The zero-order chi connectivity index (χ0) is 20.4. The summed E-state index contributed by atoms with van der Waals surface area (Å²) in [5.74, 6) is 0.336. The van der Waals surface area contributed by atoms with Crippen molar-refractivity contribution in [1.82, 2.24) is 0 Å². The summed E-state index contributed by atoms with van der Waals surface area (Å²) in [6.07, 6.45) is 11.3. The van der Waals surface area contributed by atoms with E-state index in [0.29, 0.717) is 0 Å². The molecule has 2 aromatic rings. The van der Waals surface area contributed by atoms with E-state index in [1.54, 1.807) is 0 Å². The van der Waals surface area contributed by atoms with Crippen molar-refractivity contribution >= 4 is 0 Å². The van der Waals surface area contributed by atoms with Crippen molar-refractivity contribution in [3.63, 3.8) is 0 Å². The Labute approximate surface area is 177 Å². The van der Waals surface area contributed by atoms with Gasteiger partial charge in [0, 0.05) is 17.3 Å². The Kier molecular flexibility index (Phi) is 3.40. The molecule has 4 aliphatic rings. The van der Waals surface area contributed by atoms with Crippen LogP contribution in [0, 0.1) is 38.9 Å². The summed E-state index contributed by atoms with van der Waals surface area (Å²) in [5, 5.41) is 21.0. The molecule has 2 nitrogen and oxygen atoms in total. The quantitative estimate of drug-likeness (QED) is 0.577. The number of nitrogens with zero attached hydrogens (tertiary/aromatic N) is 2. The van der Waals surface area contributed by atoms with Crippen LogP contribution in [0.15, 0.2) is 96.1 Å². The van der Waals surface area contributed by atoms with E-state index in [-0.39, 0.29) is 11.8 Å². The fourth-order valence-corrected chi connectivity index (χ4v) is 6.92. The van der Waals surface area contributed by atoms with Crippen LogP contribution >= 0.6 is 0 Å². The monoisotopic (exact) mass is 386 g/mol. The molecule has 30 heavy (non-hydrogen) atoms. The molecule has 0 heterocycles. The second kappa shape index (κ2) is 5.84. The fourth-order valence-electron chi connectivity index (χ4n) is 6.92. The van der Waals surface area contributed by atoms with Crippen LogP contribution in [0.5, 0.6) is 0 Å². The first kappa shape index (κ1) is 17.5. The van der Waals surface area contributed by atoms with E-state index in [9.17, 15) is 10.5 Å². The van der Waals surface area contributed by atoms with Gasteiger partial charge in [-0.15, -0.1) is 0 Å². The molecule has 1 spiro atoms. The lowest BCUT2D eigenvalue weighted by Gasteiger charge is -2.65. The van der Waals surface area contributed by atoms with E-state index in [4.69, 9.17) is 0 Å². The molecule has 2 heteroatoms. The normalized spacial score (nSPS) is 37.5. The smallest absolute Gasteiger partial charge is 0.105 e. The minimum atomic E-state index is -0.671. The van der Waals surface area contributed by atoms with Gasteiger partial charge in [0.15, 0.2) is 0 Å². The summed E-state index contributed by atoms with van der Waals surface area (Å²) in [7, 11) is 0. The fraction of sp³-hybridized carbons (Fsp3) is 0.286. The second-order valence-electron chi connectivity index (χ2n) is 9.19. The molecule has 0 radical (unpaired) electrons. The Morgan fingerprint density at radius 1 is 0.767 bits per heavy atom. The summed E-state index contributed by atoms with van der Waals surface area (Å²) in [6.45, 7) is 0. The highest BCUT2D eigenvalue weighted by Crippen LogP contribution is 2.79. The molecule has 6 rings (SSSR count). The maximum absolute atomic E-state index is 10.6. The zero-order valence-electron chi connectivity index (χ0n) is 16.8. The highest BCUT2D eigenvalue weighted by Gasteiger charge is 2.73. The van der Waals surface area contributed by atoms with E-state index in [1.165, 1.54) is 22.3 Å². The van der Waals surface area contributed by atoms with Crippen LogP contribution in [-0.4, -0.2) is 0 Å². The van der Waals surface area contributed by atoms with E-state index >= 15 is 0 Å². The van der Waals surface area contributed by atoms with E-state index in [1.807, 2.05) is 12.1 Å². The van der Waals surface area contributed by atoms with Gasteiger partial charge in [0.2, 0.25) is 0 Å². The molecule has 0 bridgehead atoms. The number of nitriles is 2. The van der Waals surface area contributed by atoms with Crippen molar-refractivity contribution in [1.29, 1.82) is 10.5 Å². The average Bonchev–Trinajstić information content (AvgIpc) is 3.15. The zero-order valence-corrected chi connectivity index (χ0v) is 16.8. The van der Waals surface area contributed by atoms with Gasteiger partial charge >= 0.3 is 0 Å². The minimum absolute atomic E-state index is 0.107. The number of hydrogen-bond donors (Lipinski definition) is 0. The van der Waals surface area contributed by atoms with Crippen molar-refractivity contribution in [2.45, 2.75) is 31.1 Å². The van der Waals surface area contributed by atoms with Gasteiger partial charge in [-0.05, 0) is 36.0 Å². The van der Waals surface area contributed by atoms with Crippen LogP contribution < -0.4 is 0 Å². The van der Waals surface area contributed by atoms with E-state index in [2.05, 4.69) is 85.0 Å². The first-order chi connectivity index (χ1) is 14.7. The van der Waals surface area contributed by atoms with Gasteiger partial charge in [-0.25, -0.2) is 0 Å². The van der Waals surface area contributed by atoms with Crippen LogP contribution in [-0.2, 0) is 0 Å². The van der Waals surface area contributed by atoms with Gasteiger partial charge in [-0.1, -0.05) is 90.5 Å². The molecule has 0 aliphatic heterocycles. The Morgan fingerprint density at radius 2 is 1.43 bits per heavy atom. The molecule has 2 aromatic carbocycles. The molecule has 4 aliphatic carbocycles. The summed E-state index contributed by atoms with van der Waals surface area (Å²) in [5.41, 5.74) is 3.45. The van der Waals surface area contributed by atoms with Crippen molar-refractivity contribution in [3.05, 3.63) is 107 Å². The third kappa shape index (κ3) is 1.83. The lowest BCUT2D eigenvalue weighted by atomic mass is 9.35. The maximum atomic E-state index is 10.6. The summed E-state index contributed by atoms with van der Waals surface area (Å²) < 4.78 is 0. The minimum Gasteiger partial charge on any atom is -0.197 e. The first-order valence-electron chi connectivity index (χ1n) is 10.7.